The van der Waals surface area contributed by atoms with Crippen LogP contribution in [0.4, 0.5) is 0 Å². The van der Waals surface area contributed by atoms with E-state index in [0.29, 0.717) is 19.5 Å². The van der Waals surface area contributed by atoms with Gasteiger partial charge in [0.25, 0.3) is 5.91 Å². The zero-order valence-electron chi connectivity index (χ0n) is 15.6. The van der Waals surface area contributed by atoms with Gasteiger partial charge in [-0.15, -0.1) is 0 Å². The molecule has 3 rings (SSSR count). The summed E-state index contributed by atoms with van der Waals surface area (Å²) in [6.45, 7) is 11.1. The summed E-state index contributed by atoms with van der Waals surface area (Å²) in [6.07, 6.45) is 0.178. The molecule has 0 spiro atoms. The van der Waals surface area contributed by atoms with Gasteiger partial charge >= 0.3 is 0 Å². The van der Waals surface area contributed by atoms with Crippen molar-refractivity contribution in [3.63, 3.8) is 0 Å². The first-order valence-corrected chi connectivity index (χ1v) is 8.86. The van der Waals surface area contributed by atoms with E-state index in [1.165, 1.54) is 5.56 Å². The summed E-state index contributed by atoms with van der Waals surface area (Å²) in [5, 5.41) is 0. The molecule has 1 atom stereocenters. The van der Waals surface area contributed by atoms with Gasteiger partial charge in [0.05, 0.1) is 6.54 Å². The van der Waals surface area contributed by atoms with Crippen molar-refractivity contribution in [2.45, 2.75) is 59.6 Å². The lowest BCUT2D eigenvalue weighted by Crippen LogP contribution is -2.43. The van der Waals surface area contributed by atoms with Crippen LogP contribution in [-0.4, -0.2) is 28.4 Å². The third kappa shape index (κ3) is 3.70. The van der Waals surface area contributed by atoms with Gasteiger partial charge in [-0.2, -0.15) is 0 Å². The Morgan fingerprint density at radius 1 is 1.24 bits per heavy atom. The molecule has 5 nitrogen and oxygen atoms in total. The van der Waals surface area contributed by atoms with E-state index in [-0.39, 0.29) is 11.8 Å². The van der Waals surface area contributed by atoms with Gasteiger partial charge < -0.3 is 14.1 Å². The van der Waals surface area contributed by atoms with E-state index in [1.54, 1.807) is 11.8 Å². The summed E-state index contributed by atoms with van der Waals surface area (Å²) in [7, 11) is 0. The second-order valence-corrected chi connectivity index (χ2v) is 7.09. The quantitative estimate of drug-likeness (QED) is 0.849. The first-order chi connectivity index (χ1) is 11.8. The van der Waals surface area contributed by atoms with Crippen molar-refractivity contribution in [2.75, 3.05) is 6.54 Å². The highest BCUT2D eigenvalue weighted by Crippen LogP contribution is 2.25. The summed E-state index contributed by atoms with van der Waals surface area (Å²) in [4.78, 5) is 19.1. The molecule has 0 saturated carbocycles. The molecule has 0 fully saturated rings. The molecule has 1 aliphatic heterocycles. The van der Waals surface area contributed by atoms with Crippen molar-refractivity contribution in [3.8, 4) is 5.75 Å². The summed E-state index contributed by atoms with van der Waals surface area (Å²) >= 11 is 0. The van der Waals surface area contributed by atoms with E-state index >= 15 is 0 Å². The van der Waals surface area contributed by atoms with Crippen LogP contribution >= 0.6 is 0 Å². The van der Waals surface area contributed by atoms with Crippen LogP contribution in [0, 0.1) is 13.8 Å². The molecule has 0 N–H and O–H groups in total. The highest BCUT2D eigenvalue weighted by molar-refractivity contribution is 5.81. The summed E-state index contributed by atoms with van der Waals surface area (Å²) in [5.74, 6) is 2.62. The average Bonchev–Trinajstić information content (AvgIpc) is 3.01. The first-order valence-electron chi connectivity index (χ1n) is 8.86. The van der Waals surface area contributed by atoms with Crippen LogP contribution in [0.2, 0.25) is 0 Å². The SMILES string of the molecule is Cc1ccc(OC(C)C(=O)N2CCc3oc(C(C)C)nc3C2)cc1C. The van der Waals surface area contributed by atoms with Gasteiger partial charge in [-0.1, -0.05) is 19.9 Å². The molecule has 134 valence electrons. The number of carbonyl (C=O) groups is 1. The standard InChI is InChI=1S/C20H26N2O3/c1-12(2)19-21-17-11-22(9-8-18(17)25-19)20(23)15(5)24-16-7-6-13(3)14(4)10-16/h6-7,10,12,15H,8-9,11H2,1-5H3. The maximum absolute atomic E-state index is 12.7. The molecule has 2 aromatic rings. The van der Waals surface area contributed by atoms with Crippen LogP contribution in [0.3, 0.4) is 0 Å². The Balaban J connectivity index is 1.67. The van der Waals surface area contributed by atoms with E-state index in [4.69, 9.17) is 9.15 Å². The van der Waals surface area contributed by atoms with Crippen LogP contribution in [0.25, 0.3) is 0 Å². The molecular weight excluding hydrogens is 316 g/mol. The monoisotopic (exact) mass is 342 g/mol. The summed E-state index contributed by atoms with van der Waals surface area (Å²) in [5.41, 5.74) is 3.24. The third-order valence-electron chi connectivity index (χ3n) is 4.69. The second kappa shape index (κ2) is 6.90. The number of oxazole rings is 1. The molecule has 1 amide bonds. The Labute approximate surface area is 149 Å². The predicted molar refractivity (Wildman–Crippen MR) is 95.7 cm³/mol. The maximum Gasteiger partial charge on any atom is 0.263 e. The minimum atomic E-state index is -0.528. The Morgan fingerprint density at radius 2 is 2.00 bits per heavy atom. The average molecular weight is 342 g/mol. The van der Waals surface area contributed by atoms with Crippen molar-refractivity contribution >= 4 is 5.91 Å². The lowest BCUT2D eigenvalue weighted by Gasteiger charge is -2.28. The summed E-state index contributed by atoms with van der Waals surface area (Å²) < 4.78 is 11.7. The largest absolute Gasteiger partial charge is 0.481 e. The van der Waals surface area contributed by atoms with Crippen LogP contribution in [0.15, 0.2) is 22.6 Å². The van der Waals surface area contributed by atoms with Crippen LogP contribution < -0.4 is 4.74 Å². The Bertz CT molecular complexity index is 779. The van der Waals surface area contributed by atoms with Crippen LogP contribution in [0.5, 0.6) is 5.75 Å². The van der Waals surface area contributed by atoms with Crippen molar-refractivity contribution in [1.29, 1.82) is 0 Å². The lowest BCUT2D eigenvalue weighted by molar-refractivity contribution is -0.139. The highest BCUT2D eigenvalue weighted by Gasteiger charge is 2.29. The fourth-order valence-electron chi connectivity index (χ4n) is 2.95. The molecule has 25 heavy (non-hydrogen) atoms. The molecule has 1 aromatic carbocycles. The van der Waals surface area contributed by atoms with Crippen molar-refractivity contribution in [2.24, 2.45) is 0 Å². The number of aryl methyl sites for hydroxylation is 2. The van der Waals surface area contributed by atoms with Crippen molar-refractivity contribution < 1.29 is 13.9 Å². The van der Waals surface area contributed by atoms with E-state index < -0.39 is 6.10 Å². The molecule has 0 radical (unpaired) electrons. The Morgan fingerprint density at radius 3 is 2.68 bits per heavy atom. The topological polar surface area (TPSA) is 55.6 Å². The minimum Gasteiger partial charge on any atom is -0.481 e. The van der Waals surface area contributed by atoms with Gasteiger partial charge in [-0.25, -0.2) is 4.98 Å². The lowest BCUT2D eigenvalue weighted by atomic mass is 10.1. The Kier molecular flexibility index (Phi) is 4.84. The number of ether oxygens (including phenoxy) is 1. The summed E-state index contributed by atoms with van der Waals surface area (Å²) in [6, 6.07) is 5.89. The molecule has 0 saturated heterocycles. The number of benzene rings is 1. The van der Waals surface area contributed by atoms with Gasteiger partial charge in [0, 0.05) is 18.9 Å². The number of hydrogen-bond donors (Lipinski definition) is 0. The van der Waals surface area contributed by atoms with Gasteiger partial charge in [0.1, 0.15) is 17.2 Å². The van der Waals surface area contributed by atoms with Gasteiger partial charge in [0.15, 0.2) is 12.0 Å². The van der Waals surface area contributed by atoms with E-state index in [9.17, 15) is 4.79 Å². The van der Waals surface area contributed by atoms with Crippen molar-refractivity contribution in [1.82, 2.24) is 9.88 Å². The number of fused-ring (bicyclic) bond motifs is 1. The number of hydrogen-bond acceptors (Lipinski definition) is 4. The molecule has 1 aromatic heterocycles. The number of nitrogens with zero attached hydrogens (tertiary/aromatic N) is 2. The fourth-order valence-corrected chi connectivity index (χ4v) is 2.95. The van der Waals surface area contributed by atoms with Crippen LogP contribution in [-0.2, 0) is 17.8 Å². The zero-order chi connectivity index (χ0) is 18.1. The second-order valence-electron chi connectivity index (χ2n) is 7.09. The molecule has 1 aliphatic rings. The molecular formula is C20H26N2O3. The van der Waals surface area contributed by atoms with Gasteiger partial charge in [-0.3, -0.25) is 4.79 Å². The van der Waals surface area contributed by atoms with E-state index in [2.05, 4.69) is 25.8 Å². The maximum atomic E-state index is 12.7. The number of rotatable bonds is 4. The highest BCUT2D eigenvalue weighted by atomic mass is 16.5. The number of carbonyl (C=O) groups excluding carboxylic acids is 1. The van der Waals surface area contributed by atoms with Gasteiger partial charge in [0.2, 0.25) is 0 Å². The number of aromatic nitrogens is 1. The molecule has 5 heteroatoms. The van der Waals surface area contributed by atoms with E-state index in [1.807, 2.05) is 25.1 Å². The minimum absolute atomic E-state index is 0.0158. The molecule has 0 aliphatic carbocycles. The third-order valence-corrected chi connectivity index (χ3v) is 4.69. The Hall–Kier alpha value is -2.30. The zero-order valence-corrected chi connectivity index (χ0v) is 15.6. The normalized spacial score (nSPS) is 15.2. The number of amides is 1. The van der Waals surface area contributed by atoms with Crippen LogP contribution in [0.1, 0.15) is 55.2 Å². The van der Waals surface area contributed by atoms with E-state index in [0.717, 1.165) is 28.7 Å². The van der Waals surface area contributed by atoms with Crippen molar-refractivity contribution in [3.05, 3.63) is 46.7 Å². The van der Waals surface area contributed by atoms with Gasteiger partial charge in [-0.05, 0) is 44.0 Å². The molecule has 2 heterocycles. The fraction of sp³-hybridized carbons (Fsp3) is 0.500. The smallest absolute Gasteiger partial charge is 0.263 e. The first kappa shape index (κ1) is 17.5. The predicted octanol–water partition coefficient (Wildman–Crippen LogP) is 3.77. The molecule has 1 unspecified atom stereocenters. The molecule has 0 bridgehead atoms.